The maximum absolute atomic E-state index is 5.72. The first-order valence-corrected chi connectivity index (χ1v) is 4.70. The van der Waals surface area contributed by atoms with E-state index in [2.05, 4.69) is 18.7 Å². The van der Waals surface area contributed by atoms with Crippen LogP contribution in [0.15, 0.2) is 0 Å². The predicted octanol–water partition coefficient (Wildman–Crippen LogP) is 1.07. The Morgan fingerprint density at radius 2 is 2.18 bits per heavy atom. The van der Waals surface area contributed by atoms with E-state index in [-0.39, 0.29) is 0 Å². The number of nitrogens with two attached hydrogens (primary N) is 1. The monoisotopic (exact) mass is 156 g/mol. The summed E-state index contributed by atoms with van der Waals surface area (Å²) in [5.74, 6) is 0.994. The average Bonchev–Trinajstić information content (AvgIpc) is 2.69. The fraction of sp³-hybridized carbons (Fsp3) is 1.00. The van der Waals surface area contributed by atoms with Gasteiger partial charge in [-0.15, -0.1) is 0 Å². The summed E-state index contributed by atoms with van der Waals surface area (Å²) in [6.45, 7) is 7.78. The van der Waals surface area contributed by atoms with Gasteiger partial charge in [-0.05, 0) is 32.2 Å². The molecule has 66 valence electrons. The maximum atomic E-state index is 5.72. The van der Waals surface area contributed by atoms with Crippen LogP contribution in [-0.4, -0.2) is 30.6 Å². The summed E-state index contributed by atoms with van der Waals surface area (Å²) in [5, 5.41) is 0. The van der Waals surface area contributed by atoms with E-state index < -0.39 is 0 Å². The van der Waals surface area contributed by atoms with Gasteiger partial charge in [0.15, 0.2) is 0 Å². The summed E-state index contributed by atoms with van der Waals surface area (Å²) in [6.07, 6.45) is 2.88. The van der Waals surface area contributed by atoms with Crippen LogP contribution >= 0.6 is 0 Å². The molecule has 1 atom stereocenters. The minimum Gasteiger partial charge on any atom is -0.327 e. The zero-order valence-corrected chi connectivity index (χ0v) is 7.71. The van der Waals surface area contributed by atoms with Crippen LogP contribution in [0.3, 0.4) is 0 Å². The molecule has 2 N–H and O–H groups in total. The third-order valence-corrected chi connectivity index (χ3v) is 2.21. The maximum Gasteiger partial charge on any atom is 0.0139 e. The number of nitrogens with zero attached hydrogens (tertiary/aromatic N) is 1. The molecule has 0 radical (unpaired) electrons. The van der Waals surface area contributed by atoms with Crippen molar-refractivity contribution in [3.63, 3.8) is 0 Å². The zero-order chi connectivity index (χ0) is 8.27. The van der Waals surface area contributed by atoms with Crippen LogP contribution < -0.4 is 5.73 Å². The summed E-state index contributed by atoms with van der Waals surface area (Å²) < 4.78 is 0. The van der Waals surface area contributed by atoms with Crippen molar-refractivity contribution in [2.75, 3.05) is 19.6 Å². The molecule has 2 heteroatoms. The predicted molar refractivity (Wildman–Crippen MR) is 48.5 cm³/mol. The number of hydrogen-bond donors (Lipinski definition) is 1. The Kier molecular flexibility index (Phi) is 3.34. The van der Waals surface area contributed by atoms with Gasteiger partial charge in [-0.2, -0.15) is 0 Å². The molecule has 0 heterocycles. The van der Waals surface area contributed by atoms with Gasteiger partial charge in [0.25, 0.3) is 0 Å². The second-order valence-electron chi connectivity index (χ2n) is 3.77. The molecule has 1 aliphatic carbocycles. The lowest BCUT2D eigenvalue weighted by molar-refractivity contribution is 0.264. The van der Waals surface area contributed by atoms with Crippen molar-refractivity contribution >= 4 is 0 Å². The van der Waals surface area contributed by atoms with E-state index in [1.807, 2.05) is 0 Å². The molecule has 0 aromatic carbocycles. The van der Waals surface area contributed by atoms with Crippen molar-refractivity contribution < 1.29 is 0 Å². The largest absolute Gasteiger partial charge is 0.327 e. The van der Waals surface area contributed by atoms with E-state index in [9.17, 15) is 0 Å². The van der Waals surface area contributed by atoms with Gasteiger partial charge in [0.2, 0.25) is 0 Å². The quantitative estimate of drug-likeness (QED) is 0.645. The summed E-state index contributed by atoms with van der Waals surface area (Å²) in [6, 6.07) is 0.327. The molecule has 1 rings (SSSR count). The second kappa shape index (κ2) is 4.07. The number of hydrogen-bond acceptors (Lipinski definition) is 2. The Bertz CT molecular complexity index is 104. The summed E-state index contributed by atoms with van der Waals surface area (Å²) in [4.78, 5) is 2.46. The van der Waals surface area contributed by atoms with Crippen molar-refractivity contribution in [3.05, 3.63) is 0 Å². The molecule has 1 fully saturated rings. The third-order valence-electron chi connectivity index (χ3n) is 2.21. The molecular formula is C9H20N2. The van der Waals surface area contributed by atoms with Crippen molar-refractivity contribution in [1.29, 1.82) is 0 Å². The van der Waals surface area contributed by atoms with Gasteiger partial charge in [0.1, 0.15) is 0 Å². The molecule has 11 heavy (non-hydrogen) atoms. The molecule has 0 spiro atoms. The van der Waals surface area contributed by atoms with E-state index >= 15 is 0 Å². The fourth-order valence-corrected chi connectivity index (χ4v) is 1.41. The Balaban J connectivity index is 2.12. The van der Waals surface area contributed by atoms with Crippen LogP contribution in [0.2, 0.25) is 0 Å². The highest BCUT2D eigenvalue weighted by Gasteiger charge is 2.23. The lowest BCUT2D eigenvalue weighted by Gasteiger charge is -2.21. The molecule has 0 aliphatic heterocycles. The normalized spacial score (nSPS) is 20.7. The molecule has 1 saturated carbocycles. The van der Waals surface area contributed by atoms with Crippen LogP contribution in [0.1, 0.15) is 26.7 Å². The van der Waals surface area contributed by atoms with Gasteiger partial charge < -0.3 is 10.6 Å². The van der Waals surface area contributed by atoms with Gasteiger partial charge in [-0.25, -0.2) is 0 Å². The SMILES string of the molecule is CCN(CC1CC1)C[C@@H](C)N. The first-order chi connectivity index (χ1) is 5.22. The smallest absolute Gasteiger partial charge is 0.0139 e. The highest BCUT2D eigenvalue weighted by atomic mass is 15.1. The Morgan fingerprint density at radius 1 is 1.55 bits per heavy atom. The van der Waals surface area contributed by atoms with Crippen molar-refractivity contribution in [1.82, 2.24) is 4.90 Å². The zero-order valence-electron chi connectivity index (χ0n) is 7.71. The van der Waals surface area contributed by atoms with E-state index in [1.165, 1.54) is 19.4 Å². The number of rotatable bonds is 5. The van der Waals surface area contributed by atoms with E-state index in [4.69, 9.17) is 5.73 Å². The van der Waals surface area contributed by atoms with Crippen molar-refractivity contribution in [3.8, 4) is 0 Å². The van der Waals surface area contributed by atoms with Crippen molar-refractivity contribution in [2.24, 2.45) is 11.7 Å². The van der Waals surface area contributed by atoms with Gasteiger partial charge in [-0.3, -0.25) is 0 Å². The third kappa shape index (κ3) is 3.73. The first-order valence-electron chi connectivity index (χ1n) is 4.70. The van der Waals surface area contributed by atoms with E-state index in [1.54, 1.807) is 0 Å². The fourth-order valence-electron chi connectivity index (χ4n) is 1.41. The lowest BCUT2D eigenvalue weighted by Crippen LogP contribution is -2.36. The highest BCUT2D eigenvalue weighted by Crippen LogP contribution is 2.29. The van der Waals surface area contributed by atoms with Crippen LogP contribution in [-0.2, 0) is 0 Å². The molecule has 0 saturated heterocycles. The minimum absolute atomic E-state index is 0.327. The summed E-state index contributed by atoms with van der Waals surface area (Å²) in [5.41, 5.74) is 5.72. The van der Waals surface area contributed by atoms with Crippen molar-refractivity contribution in [2.45, 2.75) is 32.7 Å². The van der Waals surface area contributed by atoms with Crippen LogP contribution in [0.4, 0.5) is 0 Å². The van der Waals surface area contributed by atoms with Crippen LogP contribution in [0, 0.1) is 5.92 Å². The Morgan fingerprint density at radius 3 is 2.55 bits per heavy atom. The van der Waals surface area contributed by atoms with Crippen LogP contribution in [0.5, 0.6) is 0 Å². The van der Waals surface area contributed by atoms with E-state index in [0.717, 1.165) is 19.0 Å². The Labute approximate surface area is 69.8 Å². The first kappa shape index (κ1) is 9.01. The summed E-state index contributed by atoms with van der Waals surface area (Å²) in [7, 11) is 0. The molecule has 0 unspecified atom stereocenters. The van der Waals surface area contributed by atoms with Gasteiger partial charge in [-0.1, -0.05) is 6.92 Å². The molecule has 0 amide bonds. The molecule has 1 aliphatic rings. The number of likely N-dealkylation sites (N-methyl/N-ethyl adjacent to an activating group) is 1. The van der Waals surface area contributed by atoms with Gasteiger partial charge in [0, 0.05) is 19.1 Å². The van der Waals surface area contributed by atoms with Gasteiger partial charge in [0.05, 0.1) is 0 Å². The average molecular weight is 156 g/mol. The highest BCUT2D eigenvalue weighted by molar-refractivity contribution is 4.77. The minimum atomic E-state index is 0.327. The van der Waals surface area contributed by atoms with Gasteiger partial charge >= 0.3 is 0 Å². The molecule has 0 aromatic rings. The molecule has 0 bridgehead atoms. The standard InChI is InChI=1S/C9H20N2/c1-3-11(6-8(2)10)7-9-4-5-9/h8-9H,3-7,10H2,1-2H3/t8-/m1/s1. The topological polar surface area (TPSA) is 29.3 Å². The molecular weight excluding hydrogens is 136 g/mol. The summed E-state index contributed by atoms with van der Waals surface area (Å²) >= 11 is 0. The molecule has 2 nitrogen and oxygen atoms in total. The molecule has 0 aromatic heterocycles. The Hall–Kier alpha value is -0.0800. The lowest BCUT2D eigenvalue weighted by atomic mass is 10.3. The van der Waals surface area contributed by atoms with E-state index in [0.29, 0.717) is 6.04 Å². The second-order valence-corrected chi connectivity index (χ2v) is 3.77. The van der Waals surface area contributed by atoms with Crippen LogP contribution in [0.25, 0.3) is 0 Å².